The monoisotopic (exact) mass is 300 g/mol. The minimum absolute atomic E-state index is 0.722. The zero-order valence-corrected chi connectivity index (χ0v) is 14.9. The summed E-state index contributed by atoms with van der Waals surface area (Å²) < 4.78 is 0. The van der Waals surface area contributed by atoms with Crippen LogP contribution in [0.5, 0.6) is 0 Å². The molecule has 0 amide bonds. The van der Waals surface area contributed by atoms with Gasteiger partial charge in [-0.1, -0.05) is 88.8 Å². The lowest BCUT2D eigenvalue weighted by Gasteiger charge is -2.27. The molecule has 22 heavy (non-hydrogen) atoms. The largest absolute Gasteiger partial charge is 0.0958 e. The fraction of sp³-hybridized carbons (Fsp3) is 0.727. The molecule has 0 atom stereocenters. The molecule has 2 saturated carbocycles. The summed E-state index contributed by atoms with van der Waals surface area (Å²) in [6.45, 7) is 13.3. The maximum Gasteiger partial charge on any atom is -0.0168 e. The fourth-order valence-electron chi connectivity index (χ4n) is 4.08. The molecule has 2 aliphatic carbocycles. The summed E-state index contributed by atoms with van der Waals surface area (Å²) >= 11 is 0. The molecule has 0 saturated heterocycles. The summed E-state index contributed by atoms with van der Waals surface area (Å²) in [7, 11) is 0. The van der Waals surface area contributed by atoms with Gasteiger partial charge in [0, 0.05) is 0 Å². The Labute approximate surface area is 138 Å². The molecule has 0 bridgehead atoms. The SMILES string of the molecule is C=C(/C=C\C(=C)C1CCC(C)CC1)CCC1CCC(C)CC1. The second-order valence-corrected chi connectivity index (χ2v) is 8.19. The second kappa shape index (κ2) is 8.75. The van der Waals surface area contributed by atoms with Crippen LogP contribution in [0.1, 0.15) is 78.1 Å². The van der Waals surface area contributed by atoms with Gasteiger partial charge in [-0.2, -0.15) is 0 Å². The van der Waals surface area contributed by atoms with Crippen molar-refractivity contribution in [1.82, 2.24) is 0 Å². The summed E-state index contributed by atoms with van der Waals surface area (Å²) in [6.07, 6.45) is 18.2. The lowest BCUT2D eigenvalue weighted by atomic mass is 9.79. The number of allylic oxidation sites excluding steroid dienone is 4. The molecule has 0 N–H and O–H groups in total. The van der Waals surface area contributed by atoms with Crippen LogP contribution in [0.3, 0.4) is 0 Å². The van der Waals surface area contributed by atoms with E-state index in [4.69, 9.17) is 0 Å². The minimum atomic E-state index is 0.722. The van der Waals surface area contributed by atoms with Gasteiger partial charge in [-0.25, -0.2) is 0 Å². The highest BCUT2D eigenvalue weighted by Crippen LogP contribution is 2.34. The van der Waals surface area contributed by atoms with E-state index in [-0.39, 0.29) is 0 Å². The third-order valence-electron chi connectivity index (χ3n) is 6.08. The smallest absolute Gasteiger partial charge is 0.0168 e. The zero-order valence-electron chi connectivity index (χ0n) is 14.9. The molecule has 0 aromatic carbocycles. The molecule has 2 rings (SSSR count). The summed E-state index contributed by atoms with van der Waals surface area (Å²) in [4.78, 5) is 0. The quantitative estimate of drug-likeness (QED) is 0.459. The molecule has 0 aromatic heterocycles. The molecule has 124 valence electrons. The van der Waals surface area contributed by atoms with Crippen LogP contribution in [-0.2, 0) is 0 Å². The Kier molecular flexibility index (Phi) is 6.99. The molecule has 0 nitrogen and oxygen atoms in total. The van der Waals surface area contributed by atoms with Gasteiger partial charge in [-0.3, -0.25) is 0 Å². The van der Waals surface area contributed by atoms with Gasteiger partial charge in [0.2, 0.25) is 0 Å². The summed E-state index contributed by atoms with van der Waals surface area (Å²) in [6, 6.07) is 0. The fourth-order valence-corrected chi connectivity index (χ4v) is 4.08. The van der Waals surface area contributed by atoms with Crippen molar-refractivity contribution in [1.29, 1.82) is 0 Å². The van der Waals surface area contributed by atoms with Crippen LogP contribution in [0, 0.1) is 23.7 Å². The van der Waals surface area contributed by atoms with Crippen LogP contribution in [0.2, 0.25) is 0 Å². The van der Waals surface area contributed by atoms with Gasteiger partial charge in [-0.15, -0.1) is 0 Å². The van der Waals surface area contributed by atoms with Gasteiger partial charge in [0.15, 0.2) is 0 Å². The molecule has 0 radical (unpaired) electrons. The van der Waals surface area contributed by atoms with E-state index in [0.717, 1.165) is 23.7 Å². The van der Waals surface area contributed by atoms with Crippen molar-refractivity contribution in [2.45, 2.75) is 78.1 Å². The topological polar surface area (TPSA) is 0 Å². The predicted octanol–water partition coefficient (Wildman–Crippen LogP) is 7.09. The average Bonchev–Trinajstić information content (AvgIpc) is 2.52. The molecule has 2 aliphatic rings. The lowest BCUT2D eigenvalue weighted by molar-refractivity contribution is 0.278. The Morgan fingerprint density at radius 3 is 1.95 bits per heavy atom. The zero-order chi connectivity index (χ0) is 15.9. The lowest BCUT2D eigenvalue weighted by Crippen LogP contribution is -2.13. The van der Waals surface area contributed by atoms with Crippen molar-refractivity contribution < 1.29 is 0 Å². The van der Waals surface area contributed by atoms with E-state index in [1.807, 2.05) is 0 Å². The Balaban J connectivity index is 1.66. The van der Waals surface area contributed by atoms with E-state index < -0.39 is 0 Å². The number of hydrogen-bond donors (Lipinski definition) is 0. The Hall–Kier alpha value is -0.780. The van der Waals surface area contributed by atoms with Crippen molar-refractivity contribution >= 4 is 0 Å². The molecule has 0 spiro atoms. The van der Waals surface area contributed by atoms with Crippen molar-refractivity contribution in [3.63, 3.8) is 0 Å². The Morgan fingerprint density at radius 1 is 0.818 bits per heavy atom. The van der Waals surface area contributed by atoms with E-state index in [1.54, 1.807) is 0 Å². The normalized spacial score (nSPS) is 33.0. The average molecular weight is 301 g/mol. The first kappa shape index (κ1) is 17.6. The number of hydrogen-bond acceptors (Lipinski definition) is 0. The molecular formula is C22H36. The van der Waals surface area contributed by atoms with Crippen LogP contribution < -0.4 is 0 Å². The summed E-state index contributed by atoms with van der Waals surface area (Å²) in [5.41, 5.74) is 2.63. The van der Waals surface area contributed by atoms with E-state index in [2.05, 4.69) is 39.2 Å². The van der Waals surface area contributed by atoms with Crippen LogP contribution in [0.4, 0.5) is 0 Å². The number of rotatable bonds is 6. The van der Waals surface area contributed by atoms with E-state index >= 15 is 0 Å². The van der Waals surface area contributed by atoms with Gasteiger partial charge in [0.05, 0.1) is 0 Å². The van der Waals surface area contributed by atoms with E-state index in [9.17, 15) is 0 Å². The Bertz CT molecular complexity index is 384. The first-order chi connectivity index (χ1) is 10.5. The molecule has 0 aliphatic heterocycles. The third kappa shape index (κ3) is 5.78. The molecule has 0 unspecified atom stereocenters. The standard InChI is InChI=1S/C22H36/c1-17(6-12-21-13-7-18(2)8-14-21)5-11-20(4)22-15-9-19(3)10-16-22/h5,11,18-19,21-22H,1,4,6-10,12-16H2,2-3H3/b11-5-. The van der Waals surface area contributed by atoms with Gasteiger partial charge < -0.3 is 0 Å². The highest BCUT2D eigenvalue weighted by molar-refractivity contribution is 5.26. The van der Waals surface area contributed by atoms with Crippen LogP contribution in [-0.4, -0.2) is 0 Å². The molecule has 2 fully saturated rings. The third-order valence-corrected chi connectivity index (χ3v) is 6.08. The minimum Gasteiger partial charge on any atom is -0.0958 e. The summed E-state index contributed by atoms with van der Waals surface area (Å²) in [5, 5.41) is 0. The maximum absolute atomic E-state index is 4.31. The molecular weight excluding hydrogens is 264 g/mol. The highest BCUT2D eigenvalue weighted by Gasteiger charge is 2.19. The van der Waals surface area contributed by atoms with Crippen LogP contribution in [0.25, 0.3) is 0 Å². The van der Waals surface area contributed by atoms with E-state index in [0.29, 0.717) is 0 Å². The molecule has 0 aromatic rings. The first-order valence-corrected chi connectivity index (χ1v) is 9.59. The van der Waals surface area contributed by atoms with Crippen LogP contribution >= 0.6 is 0 Å². The highest BCUT2D eigenvalue weighted by atomic mass is 14.2. The van der Waals surface area contributed by atoms with Gasteiger partial charge in [-0.05, 0) is 49.4 Å². The second-order valence-electron chi connectivity index (χ2n) is 8.19. The van der Waals surface area contributed by atoms with E-state index in [1.165, 1.54) is 75.4 Å². The van der Waals surface area contributed by atoms with Crippen molar-refractivity contribution in [3.05, 3.63) is 36.5 Å². The Morgan fingerprint density at radius 2 is 1.36 bits per heavy atom. The van der Waals surface area contributed by atoms with Gasteiger partial charge >= 0.3 is 0 Å². The van der Waals surface area contributed by atoms with Crippen LogP contribution in [0.15, 0.2) is 36.5 Å². The van der Waals surface area contributed by atoms with Crippen molar-refractivity contribution in [3.8, 4) is 0 Å². The van der Waals surface area contributed by atoms with Gasteiger partial charge in [0.1, 0.15) is 0 Å². The summed E-state index contributed by atoms with van der Waals surface area (Å²) in [5.74, 6) is 3.55. The molecule has 0 heterocycles. The first-order valence-electron chi connectivity index (χ1n) is 9.59. The molecule has 0 heteroatoms. The van der Waals surface area contributed by atoms with Crippen molar-refractivity contribution in [2.24, 2.45) is 23.7 Å². The van der Waals surface area contributed by atoms with Gasteiger partial charge in [0.25, 0.3) is 0 Å². The predicted molar refractivity (Wildman–Crippen MR) is 98.9 cm³/mol. The van der Waals surface area contributed by atoms with Crippen molar-refractivity contribution in [2.75, 3.05) is 0 Å². The maximum atomic E-state index is 4.31.